The second kappa shape index (κ2) is 7.43. The lowest BCUT2D eigenvalue weighted by molar-refractivity contribution is -0.117. The Morgan fingerprint density at radius 1 is 1.00 bits per heavy atom. The predicted molar refractivity (Wildman–Crippen MR) is 103 cm³/mol. The average molecular weight is 333 g/mol. The van der Waals surface area contributed by atoms with Crippen LogP contribution in [0.2, 0.25) is 0 Å². The first-order valence-electron chi connectivity index (χ1n) is 8.62. The fourth-order valence-corrected chi connectivity index (χ4v) is 3.28. The molecule has 1 aromatic heterocycles. The van der Waals surface area contributed by atoms with Crippen LogP contribution in [0.1, 0.15) is 25.8 Å². The van der Waals surface area contributed by atoms with Gasteiger partial charge < -0.3 is 4.90 Å². The number of carbonyl (C=O) groups is 1. The van der Waals surface area contributed by atoms with Gasteiger partial charge >= 0.3 is 0 Å². The quantitative estimate of drug-likeness (QED) is 0.418. The Kier molecular flexibility index (Phi) is 5.08. The van der Waals surface area contributed by atoms with Gasteiger partial charge in [0.2, 0.25) is 0 Å². The number of pyridine rings is 1. The van der Waals surface area contributed by atoms with Gasteiger partial charge in [-0.1, -0.05) is 36.4 Å². The van der Waals surface area contributed by atoms with Crippen molar-refractivity contribution in [2.45, 2.75) is 26.7 Å². The van der Waals surface area contributed by atoms with Crippen LogP contribution in [0.5, 0.6) is 0 Å². The van der Waals surface area contributed by atoms with E-state index in [0.29, 0.717) is 18.9 Å². The minimum absolute atomic E-state index is 0.0893. The SMILES string of the molecule is CC(=N)N(CCCc1c2ccccc2nc2ccccc12)CC(C)=O. The van der Waals surface area contributed by atoms with E-state index in [1.54, 1.807) is 13.8 Å². The number of ketones is 1. The molecular weight excluding hydrogens is 310 g/mol. The molecule has 25 heavy (non-hydrogen) atoms. The fourth-order valence-electron chi connectivity index (χ4n) is 3.28. The molecule has 4 nitrogen and oxygen atoms in total. The smallest absolute Gasteiger partial charge is 0.149 e. The first-order chi connectivity index (χ1) is 12.1. The molecular formula is C21H23N3O. The molecule has 3 aromatic rings. The van der Waals surface area contributed by atoms with E-state index in [9.17, 15) is 4.79 Å². The second-order valence-electron chi connectivity index (χ2n) is 6.44. The molecule has 4 heteroatoms. The Labute approximate surface area is 148 Å². The topological polar surface area (TPSA) is 57.1 Å². The number of nitrogens with one attached hydrogen (secondary N) is 1. The third-order valence-corrected chi connectivity index (χ3v) is 4.44. The van der Waals surface area contributed by atoms with Crippen molar-refractivity contribution in [3.05, 3.63) is 54.1 Å². The molecule has 0 unspecified atom stereocenters. The summed E-state index contributed by atoms with van der Waals surface area (Å²) in [6, 6.07) is 16.5. The van der Waals surface area contributed by atoms with Crippen molar-refractivity contribution in [1.29, 1.82) is 5.41 Å². The molecule has 0 saturated carbocycles. The van der Waals surface area contributed by atoms with E-state index in [1.807, 2.05) is 29.2 Å². The first-order valence-corrected chi connectivity index (χ1v) is 8.62. The molecule has 0 atom stereocenters. The summed E-state index contributed by atoms with van der Waals surface area (Å²) in [6.45, 7) is 4.33. The summed E-state index contributed by atoms with van der Waals surface area (Å²) < 4.78 is 0. The van der Waals surface area contributed by atoms with Crippen molar-refractivity contribution in [1.82, 2.24) is 9.88 Å². The number of hydrogen-bond acceptors (Lipinski definition) is 3. The molecule has 0 fully saturated rings. The predicted octanol–water partition coefficient (Wildman–Crippen LogP) is 4.21. The van der Waals surface area contributed by atoms with E-state index in [-0.39, 0.29) is 5.78 Å². The van der Waals surface area contributed by atoms with E-state index in [0.717, 1.165) is 23.9 Å². The Morgan fingerprint density at radius 3 is 2.08 bits per heavy atom. The van der Waals surface area contributed by atoms with E-state index in [1.165, 1.54) is 16.3 Å². The molecule has 128 valence electrons. The average Bonchev–Trinajstić information content (AvgIpc) is 2.59. The van der Waals surface area contributed by atoms with Crippen LogP contribution in [0, 0.1) is 5.41 Å². The van der Waals surface area contributed by atoms with Crippen LogP contribution in [-0.2, 0) is 11.2 Å². The van der Waals surface area contributed by atoms with Crippen molar-refractivity contribution in [3.8, 4) is 0 Å². The first kappa shape index (κ1) is 17.1. The van der Waals surface area contributed by atoms with E-state index in [4.69, 9.17) is 10.4 Å². The van der Waals surface area contributed by atoms with Crippen molar-refractivity contribution in [3.63, 3.8) is 0 Å². The second-order valence-corrected chi connectivity index (χ2v) is 6.44. The summed E-state index contributed by atoms with van der Waals surface area (Å²) in [5, 5.41) is 10.2. The molecule has 0 spiro atoms. The zero-order chi connectivity index (χ0) is 17.8. The largest absolute Gasteiger partial charge is 0.353 e. The summed E-state index contributed by atoms with van der Waals surface area (Å²) in [5.74, 6) is 0.533. The summed E-state index contributed by atoms with van der Waals surface area (Å²) >= 11 is 0. The lowest BCUT2D eigenvalue weighted by Gasteiger charge is -2.22. The van der Waals surface area contributed by atoms with Crippen LogP contribution in [0.15, 0.2) is 48.5 Å². The molecule has 0 aliphatic carbocycles. The van der Waals surface area contributed by atoms with Crippen LogP contribution in [0.25, 0.3) is 21.8 Å². The van der Waals surface area contributed by atoms with E-state index >= 15 is 0 Å². The van der Waals surface area contributed by atoms with Gasteiger partial charge in [0.05, 0.1) is 23.4 Å². The molecule has 0 amide bonds. The van der Waals surface area contributed by atoms with Crippen molar-refractivity contribution < 1.29 is 4.79 Å². The van der Waals surface area contributed by atoms with Gasteiger partial charge in [0.15, 0.2) is 0 Å². The van der Waals surface area contributed by atoms with Gasteiger partial charge in [-0.15, -0.1) is 0 Å². The van der Waals surface area contributed by atoms with Gasteiger partial charge in [-0.2, -0.15) is 0 Å². The van der Waals surface area contributed by atoms with Gasteiger partial charge in [-0.05, 0) is 44.4 Å². The number of amidine groups is 1. The highest BCUT2D eigenvalue weighted by Crippen LogP contribution is 2.27. The Balaban J connectivity index is 1.89. The summed E-state index contributed by atoms with van der Waals surface area (Å²) in [4.78, 5) is 18.0. The van der Waals surface area contributed by atoms with Crippen LogP contribution < -0.4 is 0 Å². The highest BCUT2D eigenvalue weighted by Gasteiger charge is 2.11. The molecule has 1 N–H and O–H groups in total. The summed E-state index contributed by atoms with van der Waals surface area (Å²) in [6.07, 6.45) is 1.78. The number of nitrogens with zero attached hydrogens (tertiary/aromatic N) is 2. The molecule has 0 aliphatic rings. The van der Waals surface area contributed by atoms with E-state index in [2.05, 4.69) is 24.3 Å². The molecule has 0 aliphatic heterocycles. The maximum atomic E-state index is 11.4. The van der Waals surface area contributed by atoms with Gasteiger partial charge in [-0.25, -0.2) is 4.98 Å². The van der Waals surface area contributed by atoms with Crippen LogP contribution in [0.3, 0.4) is 0 Å². The maximum Gasteiger partial charge on any atom is 0.149 e. The number of fused-ring (bicyclic) bond motifs is 2. The monoisotopic (exact) mass is 333 g/mol. The maximum absolute atomic E-state index is 11.4. The van der Waals surface area contributed by atoms with Crippen molar-refractivity contribution >= 4 is 33.4 Å². The number of benzene rings is 2. The number of carbonyl (C=O) groups excluding carboxylic acids is 1. The Hall–Kier alpha value is -2.75. The fraction of sp³-hybridized carbons (Fsp3) is 0.286. The number of para-hydroxylation sites is 2. The minimum atomic E-state index is 0.0893. The molecule has 3 rings (SSSR count). The van der Waals surface area contributed by atoms with Gasteiger partial charge in [0.1, 0.15) is 5.78 Å². The molecule has 0 radical (unpaired) electrons. The standard InChI is InChI=1S/C21H23N3O/c1-15(25)14-24(16(2)22)13-7-10-17-18-8-3-5-11-20(18)23-21-12-6-4-9-19(17)21/h3-6,8-9,11-12,22H,7,10,13-14H2,1-2H3. The number of rotatable bonds is 6. The third-order valence-electron chi connectivity index (χ3n) is 4.44. The Bertz CT molecular complexity index is 879. The highest BCUT2D eigenvalue weighted by molar-refractivity contribution is 5.97. The van der Waals surface area contributed by atoms with Crippen LogP contribution >= 0.6 is 0 Å². The Morgan fingerprint density at radius 2 is 1.56 bits per heavy atom. The molecule has 2 aromatic carbocycles. The molecule has 0 bridgehead atoms. The number of hydrogen-bond donors (Lipinski definition) is 1. The summed E-state index contributed by atoms with van der Waals surface area (Å²) in [7, 11) is 0. The minimum Gasteiger partial charge on any atom is -0.353 e. The lowest BCUT2D eigenvalue weighted by atomic mass is 9.98. The molecule has 0 saturated heterocycles. The molecule has 1 heterocycles. The van der Waals surface area contributed by atoms with Gasteiger partial charge in [0, 0.05) is 17.3 Å². The number of aryl methyl sites for hydroxylation is 1. The lowest BCUT2D eigenvalue weighted by Crippen LogP contribution is -2.33. The third kappa shape index (κ3) is 3.85. The zero-order valence-corrected chi connectivity index (χ0v) is 14.7. The highest BCUT2D eigenvalue weighted by atomic mass is 16.1. The van der Waals surface area contributed by atoms with Crippen molar-refractivity contribution in [2.24, 2.45) is 0 Å². The van der Waals surface area contributed by atoms with E-state index < -0.39 is 0 Å². The zero-order valence-electron chi connectivity index (χ0n) is 14.7. The number of aromatic nitrogens is 1. The van der Waals surface area contributed by atoms with Crippen LogP contribution in [0.4, 0.5) is 0 Å². The number of Topliss-reactive ketones (excluding diaryl/α,β-unsaturated/α-hetero) is 1. The van der Waals surface area contributed by atoms with Gasteiger partial charge in [-0.3, -0.25) is 10.2 Å². The van der Waals surface area contributed by atoms with Crippen molar-refractivity contribution in [2.75, 3.05) is 13.1 Å². The normalized spacial score (nSPS) is 11.0. The van der Waals surface area contributed by atoms with Crippen LogP contribution in [-0.4, -0.2) is 34.6 Å². The van der Waals surface area contributed by atoms with Gasteiger partial charge in [0.25, 0.3) is 0 Å². The summed E-state index contributed by atoms with van der Waals surface area (Å²) in [5.41, 5.74) is 3.33.